The molecule has 1 unspecified atom stereocenters. The Balaban J connectivity index is 2.41. The zero-order valence-corrected chi connectivity index (χ0v) is 7.23. The second kappa shape index (κ2) is 4.85. The van der Waals surface area contributed by atoms with Gasteiger partial charge >= 0.3 is 0 Å². The summed E-state index contributed by atoms with van der Waals surface area (Å²) in [5.74, 6) is 0. The van der Waals surface area contributed by atoms with E-state index >= 15 is 0 Å². The average Bonchev–Trinajstić information content (AvgIpc) is 2.06. The summed E-state index contributed by atoms with van der Waals surface area (Å²) in [5.41, 5.74) is 6.97. The third-order valence-electron chi connectivity index (χ3n) is 1.63. The molecule has 66 valence electrons. The van der Waals surface area contributed by atoms with E-state index in [1.54, 1.807) is 19.5 Å². The lowest BCUT2D eigenvalue weighted by Crippen LogP contribution is -2.27. The van der Waals surface area contributed by atoms with Crippen LogP contribution in [-0.2, 0) is 11.2 Å². The Morgan fingerprint density at radius 2 is 2.17 bits per heavy atom. The minimum absolute atomic E-state index is 0.0809. The molecule has 0 saturated heterocycles. The van der Waals surface area contributed by atoms with Crippen LogP contribution in [0.25, 0.3) is 0 Å². The van der Waals surface area contributed by atoms with Crippen LogP contribution in [0.5, 0.6) is 0 Å². The Labute approximate surface area is 72.6 Å². The van der Waals surface area contributed by atoms with Crippen molar-refractivity contribution in [3.8, 4) is 0 Å². The van der Waals surface area contributed by atoms with Gasteiger partial charge in [-0.15, -0.1) is 0 Å². The highest BCUT2D eigenvalue weighted by atomic mass is 16.5. The Bertz CT molecular complexity index is 213. The van der Waals surface area contributed by atoms with Gasteiger partial charge in [0.15, 0.2) is 0 Å². The lowest BCUT2D eigenvalue weighted by molar-refractivity contribution is 0.180. The van der Waals surface area contributed by atoms with E-state index in [-0.39, 0.29) is 6.04 Å². The SMILES string of the molecule is COCC(N)Cc1ccncc1. The third kappa shape index (κ3) is 2.98. The summed E-state index contributed by atoms with van der Waals surface area (Å²) in [7, 11) is 1.66. The summed E-state index contributed by atoms with van der Waals surface area (Å²) in [5, 5.41) is 0. The fraction of sp³-hybridized carbons (Fsp3) is 0.444. The zero-order valence-electron chi connectivity index (χ0n) is 7.23. The van der Waals surface area contributed by atoms with Crippen molar-refractivity contribution < 1.29 is 4.74 Å². The Kier molecular flexibility index (Phi) is 3.70. The molecule has 1 rings (SSSR count). The van der Waals surface area contributed by atoms with Crippen LogP contribution < -0.4 is 5.73 Å². The van der Waals surface area contributed by atoms with Crippen molar-refractivity contribution in [2.24, 2.45) is 5.73 Å². The first-order valence-electron chi connectivity index (χ1n) is 3.96. The highest BCUT2D eigenvalue weighted by Crippen LogP contribution is 1.99. The number of pyridine rings is 1. The van der Waals surface area contributed by atoms with Gasteiger partial charge in [0.05, 0.1) is 6.61 Å². The molecule has 0 saturated carbocycles. The van der Waals surface area contributed by atoms with Gasteiger partial charge in [0, 0.05) is 25.5 Å². The fourth-order valence-electron chi connectivity index (χ4n) is 1.09. The van der Waals surface area contributed by atoms with Crippen molar-refractivity contribution in [1.82, 2.24) is 4.98 Å². The minimum Gasteiger partial charge on any atom is -0.383 e. The number of nitrogens with two attached hydrogens (primary N) is 1. The number of aromatic nitrogens is 1. The molecule has 0 radical (unpaired) electrons. The molecule has 12 heavy (non-hydrogen) atoms. The zero-order chi connectivity index (χ0) is 8.81. The molecule has 0 fully saturated rings. The summed E-state index contributed by atoms with van der Waals surface area (Å²) in [4.78, 5) is 3.93. The molecule has 0 bridgehead atoms. The highest BCUT2D eigenvalue weighted by molar-refractivity contribution is 5.10. The summed E-state index contributed by atoms with van der Waals surface area (Å²) >= 11 is 0. The molecule has 0 aromatic carbocycles. The van der Waals surface area contributed by atoms with Crippen LogP contribution in [0, 0.1) is 0 Å². The topological polar surface area (TPSA) is 48.1 Å². The van der Waals surface area contributed by atoms with Crippen molar-refractivity contribution in [1.29, 1.82) is 0 Å². The average molecular weight is 166 g/mol. The smallest absolute Gasteiger partial charge is 0.0616 e. The van der Waals surface area contributed by atoms with E-state index in [4.69, 9.17) is 10.5 Å². The second-order valence-corrected chi connectivity index (χ2v) is 2.78. The molecule has 1 heterocycles. The van der Waals surface area contributed by atoms with E-state index in [1.165, 1.54) is 5.56 Å². The molecule has 3 nitrogen and oxygen atoms in total. The molecule has 3 heteroatoms. The third-order valence-corrected chi connectivity index (χ3v) is 1.63. The molecule has 0 aliphatic carbocycles. The normalized spacial score (nSPS) is 12.8. The molecule has 0 spiro atoms. The number of methoxy groups -OCH3 is 1. The summed E-state index contributed by atoms with van der Waals surface area (Å²) in [6.45, 7) is 0.600. The monoisotopic (exact) mass is 166 g/mol. The predicted octanol–water partition coefficient (Wildman–Crippen LogP) is 0.598. The largest absolute Gasteiger partial charge is 0.383 e. The number of nitrogens with zero attached hydrogens (tertiary/aromatic N) is 1. The van der Waals surface area contributed by atoms with E-state index in [1.807, 2.05) is 12.1 Å². The number of ether oxygens (including phenoxy) is 1. The summed E-state index contributed by atoms with van der Waals surface area (Å²) in [6.07, 6.45) is 4.39. The van der Waals surface area contributed by atoms with E-state index in [2.05, 4.69) is 4.98 Å². The lowest BCUT2D eigenvalue weighted by atomic mass is 10.1. The highest BCUT2D eigenvalue weighted by Gasteiger charge is 2.01. The van der Waals surface area contributed by atoms with E-state index in [0.717, 1.165) is 6.42 Å². The lowest BCUT2D eigenvalue weighted by Gasteiger charge is -2.09. The van der Waals surface area contributed by atoms with Crippen molar-refractivity contribution >= 4 is 0 Å². The van der Waals surface area contributed by atoms with Crippen LogP contribution in [0.2, 0.25) is 0 Å². The van der Waals surface area contributed by atoms with Crippen LogP contribution in [0.1, 0.15) is 5.56 Å². The first-order chi connectivity index (χ1) is 5.83. The van der Waals surface area contributed by atoms with Crippen LogP contribution in [0.3, 0.4) is 0 Å². The number of rotatable bonds is 4. The van der Waals surface area contributed by atoms with Gasteiger partial charge in [-0.2, -0.15) is 0 Å². The molecule has 1 aromatic heterocycles. The van der Waals surface area contributed by atoms with Gasteiger partial charge in [-0.25, -0.2) is 0 Å². The molecule has 0 amide bonds. The molecule has 0 aliphatic rings. The van der Waals surface area contributed by atoms with E-state index in [9.17, 15) is 0 Å². The number of hydrogen-bond acceptors (Lipinski definition) is 3. The van der Waals surface area contributed by atoms with Gasteiger partial charge in [-0.3, -0.25) is 4.98 Å². The first-order valence-corrected chi connectivity index (χ1v) is 3.96. The Morgan fingerprint density at radius 3 is 2.75 bits per heavy atom. The van der Waals surface area contributed by atoms with Crippen LogP contribution >= 0.6 is 0 Å². The van der Waals surface area contributed by atoms with Gasteiger partial charge in [-0.1, -0.05) is 0 Å². The molecule has 1 atom stereocenters. The molecular formula is C9H14N2O. The quantitative estimate of drug-likeness (QED) is 0.712. The first kappa shape index (κ1) is 9.16. The van der Waals surface area contributed by atoms with Gasteiger partial charge in [0.25, 0.3) is 0 Å². The summed E-state index contributed by atoms with van der Waals surface area (Å²) in [6, 6.07) is 4.02. The minimum atomic E-state index is 0.0809. The second-order valence-electron chi connectivity index (χ2n) is 2.78. The van der Waals surface area contributed by atoms with Crippen LogP contribution in [-0.4, -0.2) is 24.7 Å². The predicted molar refractivity (Wildman–Crippen MR) is 47.8 cm³/mol. The van der Waals surface area contributed by atoms with Crippen molar-refractivity contribution in [3.05, 3.63) is 30.1 Å². The van der Waals surface area contributed by atoms with Gasteiger partial charge < -0.3 is 10.5 Å². The Morgan fingerprint density at radius 1 is 1.50 bits per heavy atom. The van der Waals surface area contributed by atoms with Crippen molar-refractivity contribution in [2.75, 3.05) is 13.7 Å². The van der Waals surface area contributed by atoms with Crippen LogP contribution in [0.15, 0.2) is 24.5 Å². The van der Waals surface area contributed by atoms with E-state index in [0.29, 0.717) is 6.61 Å². The van der Waals surface area contributed by atoms with Gasteiger partial charge in [0.1, 0.15) is 0 Å². The van der Waals surface area contributed by atoms with Gasteiger partial charge in [0.2, 0.25) is 0 Å². The maximum atomic E-state index is 5.77. The standard InChI is InChI=1S/C9H14N2O/c1-12-7-9(10)6-8-2-4-11-5-3-8/h2-5,9H,6-7,10H2,1H3. The van der Waals surface area contributed by atoms with Crippen LogP contribution in [0.4, 0.5) is 0 Å². The fourth-order valence-corrected chi connectivity index (χ4v) is 1.09. The number of hydrogen-bond donors (Lipinski definition) is 1. The molecular weight excluding hydrogens is 152 g/mol. The van der Waals surface area contributed by atoms with Gasteiger partial charge in [-0.05, 0) is 24.1 Å². The molecule has 0 aliphatic heterocycles. The maximum absolute atomic E-state index is 5.77. The molecule has 1 aromatic rings. The van der Waals surface area contributed by atoms with E-state index < -0.39 is 0 Å². The maximum Gasteiger partial charge on any atom is 0.0616 e. The van der Waals surface area contributed by atoms with Crippen molar-refractivity contribution in [3.63, 3.8) is 0 Å². The summed E-state index contributed by atoms with van der Waals surface area (Å²) < 4.78 is 4.94. The Hall–Kier alpha value is -0.930. The van der Waals surface area contributed by atoms with Crippen molar-refractivity contribution in [2.45, 2.75) is 12.5 Å². The molecule has 2 N–H and O–H groups in total.